The van der Waals surface area contributed by atoms with Crippen molar-refractivity contribution >= 4 is 11.8 Å². The molecule has 4 heteroatoms. The number of benzene rings is 3. The first-order valence-electron chi connectivity index (χ1n) is 8.85. The van der Waals surface area contributed by atoms with Gasteiger partial charge in [0.2, 0.25) is 0 Å². The average Bonchev–Trinajstić information content (AvgIpc) is 2.99. The molecule has 3 aromatic rings. The second kappa shape index (κ2) is 6.49. The topological polar surface area (TPSA) is 57.6 Å². The minimum atomic E-state index is -1.53. The molecule has 0 saturated heterocycles. The standard InChI is InChI=1S/C23H19NO3/c1-16(24-21(25)19-14-8-9-15-20(19)22(24)26)23(27,17-10-4-2-5-11-17)18-12-6-3-7-13-18/h2-16,27H,1H3/t16-/m0/s1. The zero-order valence-corrected chi connectivity index (χ0v) is 14.9. The Balaban J connectivity index is 1.85. The molecule has 0 radical (unpaired) electrons. The molecule has 4 rings (SSSR count). The Morgan fingerprint density at radius 2 is 1.07 bits per heavy atom. The van der Waals surface area contributed by atoms with Crippen LogP contribution in [0.5, 0.6) is 0 Å². The number of hydrogen-bond acceptors (Lipinski definition) is 3. The highest BCUT2D eigenvalue weighted by molar-refractivity contribution is 6.21. The summed E-state index contributed by atoms with van der Waals surface area (Å²) >= 11 is 0. The van der Waals surface area contributed by atoms with Crippen LogP contribution in [-0.4, -0.2) is 27.9 Å². The number of carbonyl (C=O) groups excluding carboxylic acids is 2. The molecule has 2 amide bonds. The maximum absolute atomic E-state index is 13.0. The number of hydrogen-bond donors (Lipinski definition) is 1. The number of nitrogens with zero attached hydrogens (tertiary/aromatic N) is 1. The van der Waals surface area contributed by atoms with Gasteiger partial charge in [-0.2, -0.15) is 0 Å². The highest BCUT2D eigenvalue weighted by Gasteiger charge is 2.48. The first kappa shape index (κ1) is 17.2. The summed E-state index contributed by atoms with van der Waals surface area (Å²) < 4.78 is 0. The second-order valence-electron chi connectivity index (χ2n) is 6.70. The Kier molecular flexibility index (Phi) is 4.13. The summed E-state index contributed by atoms with van der Waals surface area (Å²) in [7, 11) is 0. The van der Waals surface area contributed by atoms with Crippen LogP contribution >= 0.6 is 0 Å². The van der Waals surface area contributed by atoms with E-state index in [-0.39, 0.29) is 11.8 Å². The Hall–Kier alpha value is -3.24. The van der Waals surface area contributed by atoms with Crippen molar-refractivity contribution in [3.8, 4) is 0 Å². The molecule has 27 heavy (non-hydrogen) atoms. The molecule has 0 unspecified atom stereocenters. The van der Waals surface area contributed by atoms with Gasteiger partial charge in [-0.3, -0.25) is 14.5 Å². The molecule has 1 aliphatic heterocycles. The van der Waals surface area contributed by atoms with Crippen molar-refractivity contribution in [2.45, 2.75) is 18.6 Å². The third-order valence-electron chi connectivity index (χ3n) is 5.25. The van der Waals surface area contributed by atoms with Crippen LogP contribution in [0.2, 0.25) is 0 Å². The molecule has 0 spiro atoms. The van der Waals surface area contributed by atoms with E-state index in [9.17, 15) is 14.7 Å². The molecular weight excluding hydrogens is 338 g/mol. The molecule has 0 saturated carbocycles. The third kappa shape index (κ3) is 2.57. The molecule has 4 nitrogen and oxygen atoms in total. The summed E-state index contributed by atoms with van der Waals surface area (Å²) in [6.45, 7) is 1.71. The van der Waals surface area contributed by atoms with Gasteiger partial charge in [-0.15, -0.1) is 0 Å². The van der Waals surface area contributed by atoms with E-state index in [0.29, 0.717) is 22.3 Å². The molecule has 134 valence electrons. The van der Waals surface area contributed by atoms with Gasteiger partial charge in [0.25, 0.3) is 11.8 Å². The van der Waals surface area contributed by atoms with E-state index < -0.39 is 11.6 Å². The fourth-order valence-corrected chi connectivity index (χ4v) is 3.78. The third-order valence-corrected chi connectivity index (χ3v) is 5.25. The predicted molar refractivity (Wildman–Crippen MR) is 102 cm³/mol. The lowest BCUT2D eigenvalue weighted by Crippen LogP contribution is -2.52. The fourth-order valence-electron chi connectivity index (χ4n) is 3.78. The zero-order valence-electron chi connectivity index (χ0n) is 14.9. The van der Waals surface area contributed by atoms with Gasteiger partial charge in [0.15, 0.2) is 0 Å². The lowest BCUT2D eigenvalue weighted by molar-refractivity contribution is -0.00221. The minimum Gasteiger partial charge on any atom is -0.378 e. The summed E-state index contributed by atoms with van der Waals surface area (Å²) in [6, 6.07) is 24.2. The van der Waals surface area contributed by atoms with Crippen LogP contribution in [0.25, 0.3) is 0 Å². The maximum atomic E-state index is 13.0. The van der Waals surface area contributed by atoms with Crippen LogP contribution < -0.4 is 0 Å². The summed E-state index contributed by atoms with van der Waals surface area (Å²) in [6.07, 6.45) is 0. The molecule has 0 fully saturated rings. The van der Waals surface area contributed by atoms with Crippen LogP contribution in [0, 0.1) is 0 Å². The Labute approximate surface area is 157 Å². The van der Waals surface area contributed by atoms with E-state index in [1.807, 2.05) is 60.7 Å². The lowest BCUT2D eigenvalue weighted by atomic mass is 9.80. The summed E-state index contributed by atoms with van der Waals surface area (Å²) in [5.41, 5.74) is 0.465. The molecule has 0 aliphatic carbocycles. The van der Waals surface area contributed by atoms with Gasteiger partial charge in [-0.1, -0.05) is 72.8 Å². The molecule has 3 aromatic carbocycles. The minimum absolute atomic E-state index is 0.373. The number of rotatable bonds is 4. The van der Waals surface area contributed by atoms with Crippen LogP contribution in [-0.2, 0) is 5.60 Å². The average molecular weight is 357 g/mol. The number of aliphatic hydroxyl groups is 1. The van der Waals surface area contributed by atoms with Gasteiger partial charge in [0.1, 0.15) is 5.60 Å². The summed E-state index contributed by atoms with van der Waals surface area (Å²) in [5.74, 6) is -0.762. The molecule has 1 atom stereocenters. The van der Waals surface area contributed by atoms with Gasteiger partial charge in [0.05, 0.1) is 17.2 Å². The van der Waals surface area contributed by atoms with E-state index in [0.717, 1.165) is 0 Å². The second-order valence-corrected chi connectivity index (χ2v) is 6.70. The van der Waals surface area contributed by atoms with E-state index in [2.05, 4.69) is 0 Å². The van der Waals surface area contributed by atoms with Crippen LogP contribution in [0.3, 0.4) is 0 Å². The molecular formula is C23H19NO3. The lowest BCUT2D eigenvalue weighted by Gasteiger charge is -2.39. The van der Waals surface area contributed by atoms with Crippen molar-refractivity contribution in [2.75, 3.05) is 0 Å². The van der Waals surface area contributed by atoms with Crippen molar-refractivity contribution in [2.24, 2.45) is 0 Å². The largest absolute Gasteiger partial charge is 0.378 e. The molecule has 1 heterocycles. The van der Waals surface area contributed by atoms with E-state index in [1.165, 1.54) is 4.90 Å². The van der Waals surface area contributed by atoms with Gasteiger partial charge < -0.3 is 5.11 Å². The number of carbonyl (C=O) groups is 2. The van der Waals surface area contributed by atoms with Gasteiger partial charge in [0, 0.05) is 0 Å². The van der Waals surface area contributed by atoms with Gasteiger partial charge >= 0.3 is 0 Å². The van der Waals surface area contributed by atoms with Gasteiger partial charge in [-0.05, 0) is 30.2 Å². The smallest absolute Gasteiger partial charge is 0.261 e. The first-order chi connectivity index (χ1) is 13.0. The molecule has 1 aliphatic rings. The maximum Gasteiger partial charge on any atom is 0.261 e. The molecule has 0 aromatic heterocycles. The number of fused-ring (bicyclic) bond motifs is 1. The van der Waals surface area contributed by atoms with Crippen molar-refractivity contribution in [1.29, 1.82) is 0 Å². The SMILES string of the molecule is C[C@H](N1C(=O)c2ccccc2C1=O)C(O)(c1ccccc1)c1ccccc1. The Morgan fingerprint density at radius 1 is 0.704 bits per heavy atom. The van der Waals surface area contributed by atoms with E-state index in [4.69, 9.17) is 0 Å². The Morgan fingerprint density at radius 3 is 1.48 bits per heavy atom. The predicted octanol–water partition coefficient (Wildman–Crippen LogP) is 3.61. The van der Waals surface area contributed by atoms with Crippen molar-refractivity contribution in [3.63, 3.8) is 0 Å². The highest BCUT2D eigenvalue weighted by Crippen LogP contribution is 2.38. The van der Waals surface area contributed by atoms with Crippen molar-refractivity contribution < 1.29 is 14.7 Å². The highest BCUT2D eigenvalue weighted by atomic mass is 16.3. The van der Waals surface area contributed by atoms with E-state index >= 15 is 0 Å². The number of amides is 2. The summed E-state index contributed by atoms with van der Waals surface area (Å²) in [5, 5.41) is 11.9. The normalized spacial score (nSPS) is 15.0. The first-order valence-corrected chi connectivity index (χ1v) is 8.85. The molecule has 1 N–H and O–H groups in total. The Bertz CT molecular complexity index is 924. The summed E-state index contributed by atoms with van der Waals surface area (Å²) in [4.78, 5) is 27.1. The zero-order chi connectivity index (χ0) is 19.0. The van der Waals surface area contributed by atoms with Crippen molar-refractivity contribution in [3.05, 3.63) is 107 Å². The quantitative estimate of drug-likeness (QED) is 0.726. The van der Waals surface area contributed by atoms with Crippen LogP contribution in [0.15, 0.2) is 84.9 Å². The molecule has 0 bridgehead atoms. The van der Waals surface area contributed by atoms with Crippen LogP contribution in [0.1, 0.15) is 38.8 Å². The number of imide groups is 1. The van der Waals surface area contributed by atoms with Crippen LogP contribution in [0.4, 0.5) is 0 Å². The van der Waals surface area contributed by atoms with Gasteiger partial charge in [-0.25, -0.2) is 0 Å². The van der Waals surface area contributed by atoms with E-state index in [1.54, 1.807) is 31.2 Å². The fraction of sp³-hybridized carbons (Fsp3) is 0.130. The monoisotopic (exact) mass is 357 g/mol. The van der Waals surface area contributed by atoms with Crippen molar-refractivity contribution in [1.82, 2.24) is 4.90 Å².